The predicted octanol–water partition coefficient (Wildman–Crippen LogP) is 2.04. The molecule has 4 heteroatoms. The number of hydrogen-bond donors (Lipinski definition) is 0. The Kier molecular flexibility index (Phi) is 4.86. The SMILES string of the molecule is CN(C)CCN(Cc1ccccn1)c1ccccn1. The molecule has 0 fully saturated rings. The van der Waals surface area contributed by atoms with Gasteiger partial charge in [0.05, 0.1) is 12.2 Å². The second-order valence-corrected chi connectivity index (χ2v) is 4.73. The Morgan fingerprint density at radius 2 is 1.63 bits per heavy atom. The van der Waals surface area contributed by atoms with Gasteiger partial charge in [-0.15, -0.1) is 0 Å². The van der Waals surface area contributed by atoms with Gasteiger partial charge < -0.3 is 9.80 Å². The van der Waals surface area contributed by atoms with Gasteiger partial charge in [0.25, 0.3) is 0 Å². The van der Waals surface area contributed by atoms with Crippen LogP contribution >= 0.6 is 0 Å². The zero-order valence-electron chi connectivity index (χ0n) is 11.5. The van der Waals surface area contributed by atoms with Crippen LogP contribution in [0.5, 0.6) is 0 Å². The van der Waals surface area contributed by atoms with Crippen LogP contribution in [-0.4, -0.2) is 42.1 Å². The normalized spacial score (nSPS) is 10.7. The fraction of sp³-hybridized carbons (Fsp3) is 0.333. The molecule has 2 aromatic heterocycles. The van der Waals surface area contributed by atoms with Crippen LogP contribution in [0.1, 0.15) is 5.69 Å². The van der Waals surface area contributed by atoms with Crippen molar-refractivity contribution in [2.24, 2.45) is 0 Å². The van der Waals surface area contributed by atoms with Gasteiger partial charge in [0.15, 0.2) is 0 Å². The van der Waals surface area contributed by atoms with Crippen LogP contribution in [0.3, 0.4) is 0 Å². The van der Waals surface area contributed by atoms with Gasteiger partial charge in [0.1, 0.15) is 5.82 Å². The second-order valence-electron chi connectivity index (χ2n) is 4.73. The summed E-state index contributed by atoms with van der Waals surface area (Å²) in [7, 11) is 4.16. The van der Waals surface area contributed by atoms with E-state index in [2.05, 4.69) is 33.9 Å². The molecule has 0 aliphatic rings. The summed E-state index contributed by atoms with van der Waals surface area (Å²) in [5.41, 5.74) is 1.06. The first-order valence-electron chi connectivity index (χ1n) is 6.46. The Morgan fingerprint density at radius 1 is 0.895 bits per heavy atom. The molecule has 19 heavy (non-hydrogen) atoms. The number of pyridine rings is 2. The van der Waals surface area contributed by atoms with Crippen molar-refractivity contribution < 1.29 is 0 Å². The van der Waals surface area contributed by atoms with E-state index in [-0.39, 0.29) is 0 Å². The van der Waals surface area contributed by atoms with Crippen molar-refractivity contribution in [3.05, 3.63) is 54.5 Å². The molecule has 4 nitrogen and oxygen atoms in total. The summed E-state index contributed by atoms with van der Waals surface area (Å²) < 4.78 is 0. The first kappa shape index (κ1) is 13.5. The fourth-order valence-corrected chi connectivity index (χ4v) is 1.82. The maximum Gasteiger partial charge on any atom is 0.128 e. The average Bonchev–Trinajstić information content (AvgIpc) is 2.45. The molecular formula is C15H20N4. The third-order valence-electron chi connectivity index (χ3n) is 2.87. The highest BCUT2D eigenvalue weighted by atomic mass is 15.2. The summed E-state index contributed by atoms with van der Waals surface area (Å²) in [6.07, 6.45) is 3.66. The van der Waals surface area contributed by atoms with Gasteiger partial charge >= 0.3 is 0 Å². The molecule has 100 valence electrons. The maximum atomic E-state index is 4.43. The minimum atomic E-state index is 0.783. The maximum absolute atomic E-state index is 4.43. The van der Waals surface area contributed by atoms with Crippen molar-refractivity contribution in [2.45, 2.75) is 6.54 Å². The number of anilines is 1. The molecule has 0 saturated carbocycles. The van der Waals surface area contributed by atoms with Crippen LogP contribution in [0, 0.1) is 0 Å². The van der Waals surface area contributed by atoms with Gasteiger partial charge in [0.2, 0.25) is 0 Å². The van der Waals surface area contributed by atoms with Crippen molar-refractivity contribution in [1.29, 1.82) is 0 Å². The minimum absolute atomic E-state index is 0.783. The summed E-state index contributed by atoms with van der Waals surface area (Å²) in [6.45, 7) is 2.70. The molecule has 0 amide bonds. The van der Waals surface area contributed by atoms with Crippen LogP contribution in [0.4, 0.5) is 5.82 Å². The predicted molar refractivity (Wildman–Crippen MR) is 78.1 cm³/mol. The fourth-order valence-electron chi connectivity index (χ4n) is 1.82. The van der Waals surface area contributed by atoms with E-state index in [4.69, 9.17) is 0 Å². The van der Waals surface area contributed by atoms with E-state index in [0.29, 0.717) is 0 Å². The standard InChI is InChI=1S/C15H20N4/c1-18(2)11-12-19(15-8-4-6-10-17-15)13-14-7-3-5-9-16-14/h3-10H,11-13H2,1-2H3. The second kappa shape index (κ2) is 6.85. The third-order valence-corrected chi connectivity index (χ3v) is 2.87. The highest BCUT2D eigenvalue weighted by Gasteiger charge is 2.09. The smallest absolute Gasteiger partial charge is 0.128 e. The van der Waals surface area contributed by atoms with Gasteiger partial charge in [-0.1, -0.05) is 12.1 Å². The summed E-state index contributed by atoms with van der Waals surface area (Å²) >= 11 is 0. The molecule has 0 bridgehead atoms. The number of likely N-dealkylation sites (N-methyl/N-ethyl adjacent to an activating group) is 1. The molecule has 0 aliphatic carbocycles. The lowest BCUT2D eigenvalue weighted by Crippen LogP contribution is -2.32. The van der Waals surface area contributed by atoms with Crippen molar-refractivity contribution >= 4 is 5.82 Å². The van der Waals surface area contributed by atoms with Crippen LogP contribution in [-0.2, 0) is 6.54 Å². The molecule has 0 aromatic carbocycles. The van der Waals surface area contributed by atoms with Crippen molar-refractivity contribution in [3.63, 3.8) is 0 Å². The van der Waals surface area contributed by atoms with E-state index >= 15 is 0 Å². The summed E-state index contributed by atoms with van der Waals surface area (Å²) in [6, 6.07) is 12.0. The van der Waals surface area contributed by atoms with Gasteiger partial charge in [-0.25, -0.2) is 4.98 Å². The van der Waals surface area contributed by atoms with E-state index in [9.17, 15) is 0 Å². The van der Waals surface area contributed by atoms with E-state index in [1.165, 1.54) is 0 Å². The molecule has 2 rings (SSSR count). The van der Waals surface area contributed by atoms with E-state index in [1.54, 1.807) is 0 Å². The Bertz CT molecular complexity index is 470. The van der Waals surface area contributed by atoms with Crippen molar-refractivity contribution in [3.8, 4) is 0 Å². The van der Waals surface area contributed by atoms with Crippen LogP contribution < -0.4 is 4.90 Å². The molecule has 0 aliphatic heterocycles. The zero-order valence-corrected chi connectivity index (χ0v) is 11.5. The van der Waals surface area contributed by atoms with Crippen LogP contribution in [0.25, 0.3) is 0 Å². The zero-order chi connectivity index (χ0) is 13.5. The van der Waals surface area contributed by atoms with E-state index in [0.717, 1.165) is 31.1 Å². The first-order chi connectivity index (χ1) is 9.25. The topological polar surface area (TPSA) is 32.3 Å². The molecule has 0 unspecified atom stereocenters. The monoisotopic (exact) mass is 256 g/mol. The highest BCUT2D eigenvalue weighted by Crippen LogP contribution is 2.12. The number of rotatable bonds is 6. The average molecular weight is 256 g/mol. The van der Waals surface area contributed by atoms with Gasteiger partial charge in [0, 0.05) is 25.5 Å². The molecule has 0 atom stereocenters. The number of aromatic nitrogens is 2. The summed E-state index contributed by atoms with van der Waals surface area (Å²) in [5.74, 6) is 0.995. The molecule has 0 spiro atoms. The highest BCUT2D eigenvalue weighted by molar-refractivity contribution is 5.38. The lowest BCUT2D eigenvalue weighted by atomic mass is 10.3. The molecule has 2 aromatic rings. The Hall–Kier alpha value is -1.94. The molecule has 0 saturated heterocycles. The van der Waals surface area contributed by atoms with Crippen LogP contribution in [0.2, 0.25) is 0 Å². The third kappa shape index (κ3) is 4.34. The first-order valence-corrected chi connectivity index (χ1v) is 6.46. The van der Waals surface area contributed by atoms with Gasteiger partial charge in [-0.05, 0) is 38.4 Å². The van der Waals surface area contributed by atoms with E-state index in [1.807, 2.05) is 48.8 Å². The van der Waals surface area contributed by atoms with Crippen molar-refractivity contribution in [1.82, 2.24) is 14.9 Å². The minimum Gasteiger partial charge on any atom is -0.349 e. The summed E-state index contributed by atoms with van der Waals surface area (Å²) in [5, 5.41) is 0. The molecular weight excluding hydrogens is 236 g/mol. The Morgan fingerprint density at radius 3 is 2.21 bits per heavy atom. The van der Waals surface area contributed by atoms with E-state index < -0.39 is 0 Å². The lowest BCUT2D eigenvalue weighted by Gasteiger charge is -2.25. The Balaban J connectivity index is 2.10. The molecule has 2 heterocycles. The van der Waals surface area contributed by atoms with Crippen molar-refractivity contribution in [2.75, 3.05) is 32.1 Å². The molecule has 0 N–H and O–H groups in total. The largest absolute Gasteiger partial charge is 0.349 e. The quantitative estimate of drug-likeness (QED) is 0.792. The Labute approximate surface area is 114 Å². The van der Waals surface area contributed by atoms with Gasteiger partial charge in [-0.3, -0.25) is 4.98 Å². The lowest BCUT2D eigenvalue weighted by molar-refractivity contribution is 0.412. The number of nitrogens with zero attached hydrogens (tertiary/aromatic N) is 4. The molecule has 0 radical (unpaired) electrons. The van der Waals surface area contributed by atoms with Crippen LogP contribution in [0.15, 0.2) is 48.8 Å². The number of hydrogen-bond acceptors (Lipinski definition) is 4. The van der Waals surface area contributed by atoms with Gasteiger partial charge in [-0.2, -0.15) is 0 Å². The summed E-state index contributed by atoms with van der Waals surface area (Å²) in [4.78, 5) is 13.2.